The highest BCUT2D eigenvalue weighted by molar-refractivity contribution is 7.89. The number of anilines is 1. The summed E-state index contributed by atoms with van der Waals surface area (Å²) < 4.78 is 32.5. The number of benzene rings is 2. The van der Waals surface area contributed by atoms with E-state index in [0.717, 1.165) is 12.8 Å². The van der Waals surface area contributed by atoms with Crippen molar-refractivity contribution in [3.05, 3.63) is 54.1 Å². The quantitative estimate of drug-likeness (QED) is 0.665. The molecule has 0 bridgehead atoms. The van der Waals surface area contributed by atoms with E-state index in [1.165, 1.54) is 23.5 Å². The highest BCUT2D eigenvalue weighted by Gasteiger charge is 2.33. The standard InChI is InChI=1S/C23H27N3O5S/c1-31-20-10-12-21(13-11-20)32(29,30)26-14-2-3-17(15-26)23(28)25-18-6-4-16(5-7-18)22(27)24-19-8-9-19/h4-7,10-13,17,19H,2-3,8-9,14-15H2,1H3,(H,24,27)(H,25,28). The Morgan fingerprint density at radius 1 is 1.00 bits per heavy atom. The van der Waals surface area contributed by atoms with Crippen molar-refractivity contribution in [1.82, 2.24) is 9.62 Å². The number of hydrogen-bond acceptors (Lipinski definition) is 5. The Morgan fingerprint density at radius 2 is 1.69 bits per heavy atom. The Labute approximate surface area is 188 Å². The molecule has 1 heterocycles. The summed E-state index contributed by atoms with van der Waals surface area (Å²) in [7, 11) is -2.17. The van der Waals surface area contributed by atoms with Crippen molar-refractivity contribution in [2.24, 2.45) is 5.92 Å². The molecule has 0 radical (unpaired) electrons. The molecule has 2 aromatic rings. The normalized spacial score (nSPS) is 19.2. The molecule has 1 unspecified atom stereocenters. The molecule has 1 atom stereocenters. The van der Waals surface area contributed by atoms with Crippen molar-refractivity contribution in [1.29, 1.82) is 0 Å². The lowest BCUT2D eigenvalue weighted by atomic mass is 9.98. The Hall–Kier alpha value is -2.91. The number of amides is 2. The van der Waals surface area contributed by atoms with Gasteiger partial charge in [0.2, 0.25) is 15.9 Å². The molecule has 0 aromatic heterocycles. The van der Waals surface area contributed by atoms with E-state index >= 15 is 0 Å². The molecule has 1 saturated heterocycles. The van der Waals surface area contributed by atoms with E-state index in [-0.39, 0.29) is 29.3 Å². The molecule has 2 fully saturated rings. The predicted molar refractivity (Wildman–Crippen MR) is 120 cm³/mol. The number of carbonyl (C=O) groups excluding carboxylic acids is 2. The molecule has 2 aromatic carbocycles. The van der Waals surface area contributed by atoms with E-state index < -0.39 is 15.9 Å². The number of piperidine rings is 1. The van der Waals surface area contributed by atoms with Gasteiger partial charge in [-0.1, -0.05) is 0 Å². The molecule has 2 N–H and O–H groups in total. The molecule has 2 aliphatic rings. The fraction of sp³-hybridized carbons (Fsp3) is 0.391. The van der Waals surface area contributed by atoms with Crippen molar-refractivity contribution in [3.8, 4) is 5.75 Å². The summed E-state index contributed by atoms with van der Waals surface area (Å²) in [6, 6.07) is 13.2. The molecule has 170 valence electrons. The first-order valence-corrected chi connectivity index (χ1v) is 12.2. The van der Waals surface area contributed by atoms with Crippen molar-refractivity contribution < 1.29 is 22.7 Å². The van der Waals surface area contributed by atoms with Crippen LogP contribution >= 0.6 is 0 Å². The summed E-state index contributed by atoms with van der Waals surface area (Å²) in [5.41, 5.74) is 1.12. The molecule has 1 saturated carbocycles. The van der Waals surface area contributed by atoms with Crippen LogP contribution in [0, 0.1) is 5.92 Å². The maximum atomic E-state index is 13.0. The maximum Gasteiger partial charge on any atom is 0.251 e. The van der Waals surface area contributed by atoms with Gasteiger partial charge in [0.1, 0.15) is 5.75 Å². The smallest absolute Gasteiger partial charge is 0.251 e. The number of methoxy groups -OCH3 is 1. The maximum absolute atomic E-state index is 13.0. The average Bonchev–Trinajstić information content (AvgIpc) is 3.63. The third-order valence-corrected chi connectivity index (χ3v) is 7.66. The number of carbonyl (C=O) groups is 2. The molecule has 0 spiro atoms. The molecule has 2 amide bonds. The van der Waals surface area contributed by atoms with Gasteiger partial charge in [-0.2, -0.15) is 4.31 Å². The van der Waals surface area contributed by atoms with Gasteiger partial charge < -0.3 is 15.4 Å². The first-order valence-electron chi connectivity index (χ1n) is 10.7. The number of ether oxygens (including phenoxy) is 1. The molecule has 8 nitrogen and oxygen atoms in total. The first-order chi connectivity index (χ1) is 15.4. The molecule has 4 rings (SSSR count). The Balaban J connectivity index is 1.38. The zero-order valence-corrected chi connectivity index (χ0v) is 18.7. The van der Waals surface area contributed by atoms with E-state index in [4.69, 9.17) is 4.74 Å². The van der Waals surface area contributed by atoms with Gasteiger partial charge in [0, 0.05) is 30.4 Å². The van der Waals surface area contributed by atoms with Gasteiger partial charge in [-0.05, 0) is 74.2 Å². The highest BCUT2D eigenvalue weighted by atomic mass is 32.2. The third-order valence-electron chi connectivity index (χ3n) is 5.78. The van der Waals surface area contributed by atoms with Crippen LogP contribution < -0.4 is 15.4 Å². The van der Waals surface area contributed by atoms with E-state index in [1.807, 2.05) is 0 Å². The van der Waals surface area contributed by atoms with Gasteiger partial charge in [-0.25, -0.2) is 8.42 Å². The monoisotopic (exact) mass is 457 g/mol. The SMILES string of the molecule is COc1ccc(S(=O)(=O)N2CCCC(C(=O)Nc3ccc(C(=O)NC4CC4)cc3)C2)cc1. The minimum absolute atomic E-state index is 0.114. The van der Waals surface area contributed by atoms with Crippen molar-refractivity contribution in [2.45, 2.75) is 36.6 Å². The van der Waals surface area contributed by atoms with Crippen molar-refractivity contribution >= 4 is 27.5 Å². The van der Waals surface area contributed by atoms with E-state index in [1.54, 1.807) is 36.4 Å². The summed E-state index contributed by atoms with van der Waals surface area (Å²) in [5.74, 6) is -0.211. The van der Waals surface area contributed by atoms with Gasteiger partial charge in [-0.15, -0.1) is 0 Å². The molecule has 1 aliphatic heterocycles. The number of sulfonamides is 1. The zero-order valence-electron chi connectivity index (χ0n) is 17.9. The largest absolute Gasteiger partial charge is 0.497 e. The second-order valence-corrected chi connectivity index (χ2v) is 10.1. The van der Waals surface area contributed by atoms with Crippen molar-refractivity contribution in [2.75, 3.05) is 25.5 Å². The topological polar surface area (TPSA) is 105 Å². The average molecular weight is 458 g/mol. The van der Waals surface area contributed by atoms with Crippen LogP contribution in [0.5, 0.6) is 5.75 Å². The molecule has 32 heavy (non-hydrogen) atoms. The summed E-state index contributed by atoms with van der Waals surface area (Å²) in [6.07, 6.45) is 3.26. The molecular weight excluding hydrogens is 430 g/mol. The fourth-order valence-electron chi connectivity index (χ4n) is 3.72. The fourth-order valence-corrected chi connectivity index (χ4v) is 5.24. The van der Waals surface area contributed by atoms with Crippen LogP contribution in [0.25, 0.3) is 0 Å². The van der Waals surface area contributed by atoms with Gasteiger partial charge >= 0.3 is 0 Å². The molecule has 9 heteroatoms. The number of nitrogens with zero attached hydrogens (tertiary/aromatic N) is 1. The number of nitrogens with one attached hydrogen (secondary N) is 2. The van der Waals surface area contributed by atoms with Crippen LogP contribution in [0.4, 0.5) is 5.69 Å². The van der Waals surface area contributed by atoms with Crippen LogP contribution in [0.3, 0.4) is 0 Å². The van der Waals surface area contributed by atoms with Crippen LogP contribution in [-0.4, -0.2) is 50.8 Å². The lowest BCUT2D eigenvalue weighted by Gasteiger charge is -2.31. The Bertz CT molecular complexity index is 1080. The lowest BCUT2D eigenvalue weighted by molar-refractivity contribution is -0.120. The van der Waals surface area contributed by atoms with Crippen LogP contribution in [0.1, 0.15) is 36.0 Å². The van der Waals surface area contributed by atoms with Gasteiger partial charge in [0.15, 0.2) is 0 Å². The predicted octanol–water partition coefficient (Wildman–Crippen LogP) is 2.63. The number of rotatable bonds is 7. The molecular formula is C23H27N3O5S. The van der Waals surface area contributed by atoms with Crippen LogP contribution in [0.15, 0.2) is 53.4 Å². The van der Waals surface area contributed by atoms with Gasteiger partial charge in [0.25, 0.3) is 5.91 Å². The second-order valence-electron chi connectivity index (χ2n) is 8.19. The summed E-state index contributed by atoms with van der Waals surface area (Å²) >= 11 is 0. The summed E-state index contributed by atoms with van der Waals surface area (Å²) in [4.78, 5) is 25.1. The minimum atomic E-state index is -3.69. The minimum Gasteiger partial charge on any atom is -0.497 e. The van der Waals surface area contributed by atoms with Gasteiger partial charge in [-0.3, -0.25) is 9.59 Å². The van der Waals surface area contributed by atoms with E-state index in [2.05, 4.69) is 10.6 Å². The Morgan fingerprint density at radius 3 is 2.31 bits per heavy atom. The number of hydrogen-bond donors (Lipinski definition) is 2. The van der Waals surface area contributed by atoms with E-state index in [9.17, 15) is 18.0 Å². The van der Waals surface area contributed by atoms with Gasteiger partial charge in [0.05, 0.1) is 17.9 Å². The zero-order chi connectivity index (χ0) is 22.7. The second kappa shape index (κ2) is 9.30. The first kappa shape index (κ1) is 22.3. The van der Waals surface area contributed by atoms with Crippen LogP contribution in [0.2, 0.25) is 0 Å². The van der Waals surface area contributed by atoms with Crippen molar-refractivity contribution in [3.63, 3.8) is 0 Å². The Kier molecular flexibility index (Phi) is 6.48. The summed E-state index contributed by atoms with van der Waals surface area (Å²) in [5, 5.41) is 5.77. The lowest BCUT2D eigenvalue weighted by Crippen LogP contribution is -2.43. The highest BCUT2D eigenvalue weighted by Crippen LogP contribution is 2.26. The third kappa shape index (κ3) is 5.11. The summed E-state index contributed by atoms with van der Waals surface area (Å²) in [6.45, 7) is 0.505. The molecule has 1 aliphatic carbocycles. The van der Waals surface area contributed by atoms with E-state index in [0.29, 0.717) is 36.4 Å². The van der Waals surface area contributed by atoms with Crippen LogP contribution in [-0.2, 0) is 14.8 Å².